The Morgan fingerprint density at radius 2 is 1.76 bits per heavy atom. The van der Waals surface area contributed by atoms with Gasteiger partial charge in [-0.2, -0.15) is 0 Å². The number of ether oxygens (including phenoxy) is 3. The number of hydrogen-bond donors (Lipinski definition) is 2. The molecular formula is C17H20O7S. The maximum Gasteiger partial charge on any atom is 0.303 e. The second-order valence-electron chi connectivity index (χ2n) is 5.54. The van der Waals surface area contributed by atoms with Crippen LogP contribution in [-0.4, -0.2) is 46.4 Å². The van der Waals surface area contributed by atoms with Crippen molar-refractivity contribution in [2.75, 3.05) is 6.61 Å². The molecule has 2 rings (SSSR count). The van der Waals surface area contributed by atoms with Gasteiger partial charge in [0.2, 0.25) is 0 Å². The van der Waals surface area contributed by atoms with Crippen LogP contribution < -0.4 is 0 Å². The van der Waals surface area contributed by atoms with Gasteiger partial charge in [-0.1, -0.05) is 29.5 Å². The molecule has 25 heavy (non-hydrogen) atoms. The van der Waals surface area contributed by atoms with Gasteiger partial charge in [-0.15, -0.1) is 0 Å². The minimum atomic E-state index is -1.24. The quantitative estimate of drug-likeness (QED) is 0.765. The fourth-order valence-electron chi connectivity index (χ4n) is 2.20. The van der Waals surface area contributed by atoms with E-state index in [1.54, 1.807) is 0 Å². The third-order valence-corrected chi connectivity index (χ3v) is 4.49. The fourth-order valence-corrected chi connectivity index (χ4v) is 3.17. The molecule has 0 aliphatic carbocycles. The van der Waals surface area contributed by atoms with E-state index in [-0.39, 0.29) is 6.61 Å². The summed E-state index contributed by atoms with van der Waals surface area (Å²) in [6.07, 6.45) is -2.18. The molecule has 0 unspecified atom stereocenters. The molecule has 1 aliphatic heterocycles. The van der Waals surface area contributed by atoms with E-state index in [1.807, 2.05) is 31.2 Å². The first-order chi connectivity index (χ1) is 11.8. The van der Waals surface area contributed by atoms with E-state index >= 15 is 0 Å². The normalized spacial score (nSPS) is 23.2. The Bertz CT molecular complexity index is 668. The number of rotatable bonds is 5. The van der Waals surface area contributed by atoms with Crippen molar-refractivity contribution in [1.29, 1.82) is 0 Å². The number of benzene rings is 1. The number of aliphatic hydroxyl groups excluding tert-OH is 2. The van der Waals surface area contributed by atoms with Gasteiger partial charge in [-0.25, -0.2) is 0 Å². The Morgan fingerprint density at radius 1 is 1.12 bits per heavy atom. The number of hydrogen-bond acceptors (Lipinski definition) is 8. The maximum absolute atomic E-state index is 11.2. The number of aryl methyl sites for hydroxylation is 1. The highest BCUT2D eigenvalue weighted by atomic mass is 32.2. The molecule has 0 aromatic heterocycles. The molecule has 7 nitrogen and oxygen atoms in total. The van der Waals surface area contributed by atoms with Crippen LogP contribution in [0, 0.1) is 6.92 Å². The Balaban J connectivity index is 2.22. The molecule has 0 radical (unpaired) electrons. The van der Waals surface area contributed by atoms with Crippen LogP contribution in [-0.2, 0) is 23.8 Å². The van der Waals surface area contributed by atoms with Crippen molar-refractivity contribution in [3.63, 3.8) is 0 Å². The summed E-state index contributed by atoms with van der Waals surface area (Å²) in [5.41, 5.74) is 0.161. The topological polar surface area (TPSA) is 102 Å². The van der Waals surface area contributed by atoms with Crippen LogP contribution in [0.4, 0.5) is 0 Å². The third kappa shape index (κ3) is 5.14. The van der Waals surface area contributed by atoms with Crippen molar-refractivity contribution in [2.45, 2.75) is 43.3 Å². The molecule has 1 aliphatic rings. The molecule has 0 saturated heterocycles. The predicted molar refractivity (Wildman–Crippen MR) is 90.2 cm³/mol. The standard InChI is InChI=1S/C17H20O7S/c1-9-4-6-12(7-5-9)25-17-15(21)14(20)16(23-11(3)19)13(24-17)8-22-10(2)18/h4-7,13,16-17,20-21H,8H2,1-3H3/t13-,16-,17-/m1/s1. The molecule has 1 aromatic carbocycles. The molecular weight excluding hydrogens is 348 g/mol. The van der Waals surface area contributed by atoms with E-state index < -0.39 is 41.1 Å². The monoisotopic (exact) mass is 368 g/mol. The highest BCUT2D eigenvalue weighted by Crippen LogP contribution is 2.35. The summed E-state index contributed by atoms with van der Waals surface area (Å²) < 4.78 is 15.6. The molecule has 1 aromatic rings. The Kier molecular flexibility index (Phi) is 6.33. The van der Waals surface area contributed by atoms with Crippen molar-refractivity contribution in [1.82, 2.24) is 0 Å². The summed E-state index contributed by atoms with van der Waals surface area (Å²) >= 11 is 1.17. The zero-order valence-corrected chi connectivity index (χ0v) is 14.9. The predicted octanol–water partition coefficient (Wildman–Crippen LogP) is 2.63. The average molecular weight is 368 g/mol. The van der Waals surface area contributed by atoms with Crippen LogP contribution in [0.25, 0.3) is 0 Å². The summed E-state index contributed by atoms with van der Waals surface area (Å²) in [5.74, 6) is -2.14. The zero-order valence-electron chi connectivity index (χ0n) is 14.1. The van der Waals surface area contributed by atoms with Crippen molar-refractivity contribution >= 4 is 23.7 Å². The molecule has 1 heterocycles. The highest BCUT2D eigenvalue weighted by molar-refractivity contribution is 8.00. The first-order valence-electron chi connectivity index (χ1n) is 7.59. The van der Waals surface area contributed by atoms with Crippen molar-refractivity contribution < 1.29 is 34.0 Å². The lowest BCUT2D eigenvalue weighted by molar-refractivity contribution is -0.167. The van der Waals surface area contributed by atoms with Crippen LogP contribution in [0.3, 0.4) is 0 Å². The molecule has 0 fully saturated rings. The van der Waals surface area contributed by atoms with Crippen LogP contribution in [0.2, 0.25) is 0 Å². The minimum Gasteiger partial charge on any atom is -0.506 e. The van der Waals surface area contributed by atoms with E-state index in [4.69, 9.17) is 14.2 Å². The highest BCUT2D eigenvalue weighted by Gasteiger charge is 2.41. The van der Waals surface area contributed by atoms with Gasteiger partial charge < -0.3 is 24.4 Å². The molecule has 3 atom stereocenters. The van der Waals surface area contributed by atoms with Gasteiger partial charge >= 0.3 is 11.9 Å². The molecule has 8 heteroatoms. The van der Waals surface area contributed by atoms with Crippen LogP contribution in [0.15, 0.2) is 40.7 Å². The van der Waals surface area contributed by atoms with Gasteiger partial charge in [0.15, 0.2) is 23.1 Å². The van der Waals surface area contributed by atoms with Crippen LogP contribution >= 0.6 is 11.8 Å². The second-order valence-corrected chi connectivity index (χ2v) is 6.68. The van der Waals surface area contributed by atoms with E-state index in [9.17, 15) is 19.8 Å². The average Bonchev–Trinajstić information content (AvgIpc) is 2.54. The molecule has 0 bridgehead atoms. The van der Waals surface area contributed by atoms with Gasteiger partial charge in [0.25, 0.3) is 0 Å². The van der Waals surface area contributed by atoms with Crippen molar-refractivity contribution in [3.8, 4) is 0 Å². The third-order valence-electron chi connectivity index (χ3n) is 3.40. The summed E-state index contributed by atoms with van der Waals surface area (Å²) in [6.45, 7) is 4.12. The van der Waals surface area contributed by atoms with Crippen molar-refractivity contribution in [2.24, 2.45) is 0 Å². The van der Waals surface area contributed by atoms with E-state index in [0.717, 1.165) is 10.5 Å². The minimum absolute atomic E-state index is 0.227. The van der Waals surface area contributed by atoms with Gasteiger partial charge in [-0.3, -0.25) is 9.59 Å². The molecule has 0 saturated carbocycles. The SMILES string of the molecule is CC(=O)OC[C@H]1O[C@H](Sc2ccc(C)cc2)C(O)=C(O)[C@@H]1OC(C)=O. The second kappa shape index (κ2) is 8.26. The number of aliphatic hydroxyl groups is 2. The lowest BCUT2D eigenvalue weighted by Crippen LogP contribution is -2.45. The zero-order chi connectivity index (χ0) is 18.6. The molecule has 136 valence electrons. The summed E-state index contributed by atoms with van der Waals surface area (Å²) in [5, 5.41) is 20.4. The number of thioether (sulfide) groups is 1. The lowest BCUT2D eigenvalue weighted by Gasteiger charge is -2.34. The fraction of sp³-hybridized carbons (Fsp3) is 0.412. The van der Waals surface area contributed by atoms with E-state index in [2.05, 4.69) is 0 Å². The Labute approximate surface area is 149 Å². The van der Waals surface area contributed by atoms with E-state index in [1.165, 1.54) is 25.6 Å². The van der Waals surface area contributed by atoms with Crippen LogP contribution in [0.1, 0.15) is 19.4 Å². The number of esters is 2. The maximum atomic E-state index is 11.2. The Hall–Kier alpha value is -2.19. The van der Waals surface area contributed by atoms with Gasteiger partial charge in [-0.05, 0) is 19.1 Å². The van der Waals surface area contributed by atoms with Gasteiger partial charge in [0.1, 0.15) is 12.7 Å². The van der Waals surface area contributed by atoms with E-state index in [0.29, 0.717) is 0 Å². The Morgan fingerprint density at radius 3 is 2.32 bits per heavy atom. The first kappa shape index (κ1) is 19.1. The van der Waals surface area contributed by atoms with Crippen LogP contribution in [0.5, 0.6) is 0 Å². The molecule has 2 N–H and O–H groups in total. The van der Waals surface area contributed by atoms with Gasteiger partial charge in [0, 0.05) is 18.7 Å². The van der Waals surface area contributed by atoms with Crippen molar-refractivity contribution in [3.05, 3.63) is 41.3 Å². The largest absolute Gasteiger partial charge is 0.506 e. The lowest BCUT2D eigenvalue weighted by atomic mass is 10.1. The summed E-state index contributed by atoms with van der Waals surface area (Å²) in [7, 11) is 0. The summed E-state index contributed by atoms with van der Waals surface area (Å²) in [6, 6.07) is 7.52. The smallest absolute Gasteiger partial charge is 0.303 e. The summed E-state index contributed by atoms with van der Waals surface area (Å²) in [4.78, 5) is 23.1. The molecule has 0 amide bonds. The number of carbonyl (C=O) groups excluding carboxylic acids is 2. The molecule has 0 spiro atoms. The first-order valence-corrected chi connectivity index (χ1v) is 8.47. The number of carbonyl (C=O) groups is 2. The van der Waals surface area contributed by atoms with Gasteiger partial charge in [0.05, 0.1) is 0 Å².